The van der Waals surface area contributed by atoms with Crippen molar-refractivity contribution in [2.24, 2.45) is 0 Å². The van der Waals surface area contributed by atoms with Gasteiger partial charge in [0, 0.05) is 20.3 Å². The third-order valence-electron chi connectivity index (χ3n) is 3.13. The SMILES string of the molecule is CO[SiH](OC)OC(C)CCCOC(=O)c1c(F)c(F)c(F)c(F)c1F. The van der Waals surface area contributed by atoms with Gasteiger partial charge in [-0.3, -0.25) is 0 Å². The molecule has 0 spiro atoms. The molecule has 0 saturated carbocycles. The molecule has 0 aliphatic rings. The van der Waals surface area contributed by atoms with Crippen LogP contribution in [-0.2, 0) is 18.0 Å². The summed E-state index contributed by atoms with van der Waals surface area (Å²) in [6.07, 6.45) is 0.321. The van der Waals surface area contributed by atoms with Gasteiger partial charge in [0.25, 0.3) is 0 Å². The van der Waals surface area contributed by atoms with E-state index in [-0.39, 0.29) is 19.1 Å². The Morgan fingerprint density at radius 3 is 1.92 bits per heavy atom. The van der Waals surface area contributed by atoms with Crippen LogP contribution in [0.2, 0.25) is 0 Å². The Labute approximate surface area is 142 Å². The molecule has 0 aliphatic heterocycles. The lowest BCUT2D eigenvalue weighted by Gasteiger charge is -2.17. The second kappa shape index (κ2) is 9.80. The van der Waals surface area contributed by atoms with Crippen LogP contribution in [0.4, 0.5) is 22.0 Å². The molecule has 0 saturated heterocycles. The molecule has 1 unspecified atom stereocenters. The fraction of sp³-hybridized carbons (Fsp3) is 0.500. The van der Waals surface area contributed by atoms with Crippen molar-refractivity contribution in [3.05, 3.63) is 34.6 Å². The number of esters is 1. The maximum atomic E-state index is 13.4. The Morgan fingerprint density at radius 1 is 0.960 bits per heavy atom. The summed E-state index contributed by atoms with van der Waals surface area (Å²) in [6.45, 7) is 1.42. The Bertz CT molecular complexity index is 583. The van der Waals surface area contributed by atoms with E-state index in [1.54, 1.807) is 6.92 Å². The fourth-order valence-corrected chi connectivity index (χ4v) is 2.79. The molecule has 0 N–H and O–H groups in total. The highest BCUT2D eigenvalue weighted by molar-refractivity contribution is 6.36. The largest absolute Gasteiger partial charge is 0.483 e. The molecule has 142 valence electrons. The van der Waals surface area contributed by atoms with Crippen LogP contribution in [0.15, 0.2) is 0 Å². The van der Waals surface area contributed by atoms with Crippen molar-refractivity contribution >= 4 is 15.5 Å². The molecule has 0 amide bonds. The average Bonchev–Trinajstić information content (AvgIpc) is 2.60. The number of rotatable bonds is 9. The first-order valence-corrected chi connectivity index (χ1v) is 8.55. The van der Waals surface area contributed by atoms with Crippen LogP contribution < -0.4 is 0 Å². The first-order valence-electron chi connectivity index (χ1n) is 7.14. The number of carbonyl (C=O) groups excluding carboxylic acids is 1. The zero-order valence-electron chi connectivity index (χ0n) is 13.7. The predicted octanol–water partition coefficient (Wildman–Crippen LogP) is 2.73. The van der Waals surface area contributed by atoms with Gasteiger partial charge in [-0.15, -0.1) is 0 Å². The van der Waals surface area contributed by atoms with Gasteiger partial charge in [0.15, 0.2) is 23.3 Å². The average molecular weight is 388 g/mol. The maximum Gasteiger partial charge on any atom is 0.483 e. The molecule has 5 nitrogen and oxygen atoms in total. The molecule has 0 bridgehead atoms. The Balaban J connectivity index is 2.59. The summed E-state index contributed by atoms with van der Waals surface area (Å²) in [7, 11) is 0.633. The number of halogens is 5. The number of benzene rings is 1. The van der Waals surface area contributed by atoms with Gasteiger partial charge in [-0.25, -0.2) is 26.7 Å². The highest BCUT2D eigenvalue weighted by Crippen LogP contribution is 2.23. The van der Waals surface area contributed by atoms with Gasteiger partial charge in [0.2, 0.25) is 5.82 Å². The summed E-state index contributed by atoms with van der Waals surface area (Å²) in [5.74, 6) is -12.8. The van der Waals surface area contributed by atoms with Crippen molar-refractivity contribution in [1.82, 2.24) is 0 Å². The van der Waals surface area contributed by atoms with Gasteiger partial charge in [-0.2, -0.15) is 0 Å². The smallest absolute Gasteiger partial charge is 0.462 e. The topological polar surface area (TPSA) is 54.0 Å². The monoisotopic (exact) mass is 388 g/mol. The molecule has 1 aromatic carbocycles. The van der Waals surface area contributed by atoms with Crippen LogP contribution >= 0.6 is 0 Å². The Hall–Kier alpha value is -1.56. The first-order chi connectivity index (χ1) is 11.7. The molecule has 11 heteroatoms. The van der Waals surface area contributed by atoms with Crippen molar-refractivity contribution < 1.29 is 44.8 Å². The Kier molecular flexibility index (Phi) is 8.42. The fourth-order valence-electron chi connectivity index (χ4n) is 1.86. The molecule has 0 fully saturated rings. The van der Waals surface area contributed by atoms with E-state index in [9.17, 15) is 26.7 Å². The van der Waals surface area contributed by atoms with Crippen LogP contribution in [0.5, 0.6) is 0 Å². The summed E-state index contributed by atoms with van der Waals surface area (Å²) in [5, 5.41) is 0. The van der Waals surface area contributed by atoms with Crippen molar-refractivity contribution in [3.8, 4) is 0 Å². The van der Waals surface area contributed by atoms with E-state index in [0.717, 1.165) is 0 Å². The van der Waals surface area contributed by atoms with Gasteiger partial charge >= 0.3 is 15.5 Å². The van der Waals surface area contributed by atoms with Gasteiger partial charge in [0.05, 0.1) is 6.61 Å². The van der Waals surface area contributed by atoms with Crippen molar-refractivity contribution in [1.29, 1.82) is 0 Å². The van der Waals surface area contributed by atoms with E-state index < -0.39 is 50.1 Å². The lowest BCUT2D eigenvalue weighted by molar-refractivity contribution is 0.0448. The zero-order chi connectivity index (χ0) is 19.1. The number of carbonyl (C=O) groups is 1. The highest BCUT2D eigenvalue weighted by Gasteiger charge is 2.30. The summed E-state index contributed by atoms with van der Waals surface area (Å²) < 4.78 is 85.8. The summed E-state index contributed by atoms with van der Waals surface area (Å²) in [5.41, 5.74) is -1.62. The minimum Gasteiger partial charge on any atom is -0.462 e. The van der Waals surface area contributed by atoms with Gasteiger partial charge in [0.1, 0.15) is 5.56 Å². The lowest BCUT2D eigenvalue weighted by atomic mass is 10.1. The summed E-state index contributed by atoms with van der Waals surface area (Å²) >= 11 is 0. The molecule has 1 aromatic rings. The molecule has 1 atom stereocenters. The van der Waals surface area contributed by atoms with E-state index in [1.807, 2.05) is 0 Å². The summed E-state index contributed by atoms with van der Waals surface area (Å²) in [4.78, 5) is 11.6. The van der Waals surface area contributed by atoms with Crippen LogP contribution in [-0.4, -0.2) is 42.4 Å². The van der Waals surface area contributed by atoms with E-state index in [4.69, 9.17) is 13.3 Å². The predicted molar refractivity (Wildman–Crippen MR) is 77.5 cm³/mol. The molecule has 0 radical (unpaired) electrons. The van der Waals surface area contributed by atoms with Gasteiger partial charge in [-0.1, -0.05) is 0 Å². The third-order valence-corrected chi connectivity index (χ3v) is 4.59. The normalized spacial score (nSPS) is 12.5. The van der Waals surface area contributed by atoms with Crippen LogP contribution in [0, 0.1) is 29.1 Å². The number of hydrogen-bond acceptors (Lipinski definition) is 5. The van der Waals surface area contributed by atoms with E-state index in [0.29, 0.717) is 6.42 Å². The zero-order valence-corrected chi connectivity index (χ0v) is 14.9. The number of ether oxygens (including phenoxy) is 1. The molecule has 0 aromatic heterocycles. The van der Waals surface area contributed by atoms with Crippen molar-refractivity contribution in [2.75, 3.05) is 20.8 Å². The molecular weight excluding hydrogens is 371 g/mol. The molecule has 1 rings (SSSR count). The van der Waals surface area contributed by atoms with E-state index in [2.05, 4.69) is 4.74 Å². The molecule has 0 heterocycles. The lowest BCUT2D eigenvalue weighted by Crippen LogP contribution is -2.28. The van der Waals surface area contributed by atoms with Crippen LogP contribution in [0.1, 0.15) is 30.1 Å². The number of hydrogen-bond donors (Lipinski definition) is 0. The maximum absolute atomic E-state index is 13.4. The van der Waals surface area contributed by atoms with Crippen molar-refractivity contribution in [2.45, 2.75) is 25.9 Å². The quantitative estimate of drug-likeness (QED) is 0.163. The van der Waals surface area contributed by atoms with Crippen molar-refractivity contribution in [3.63, 3.8) is 0 Å². The first kappa shape index (κ1) is 21.5. The standard InChI is InChI=1S/C14H17F5O5Si/c1-7(24-25(21-2)22-3)5-4-6-23-14(20)8-9(15)11(17)13(19)12(18)10(8)16/h7,25H,4-6H2,1-3H3. The highest BCUT2D eigenvalue weighted by atomic mass is 28.3. The molecule has 0 aliphatic carbocycles. The third kappa shape index (κ3) is 5.46. The molecule has 25 heavy (non-hydrogen) atoms. The van der Waals surface area contributed by atoms with Crippen LogP contribution in [0.25, 0.3) is 0 Å². The van der Waals surface area contributed by atoms with Crippen LogP contribution in [0.3, 0.4) is 0 Å². The van der Waals surface area contributed by atoms with Gasteiger partial charge < -0.3 is 18.0 Å². The van der Waals surface area contributed by atoms with E-state index in [1.165, 1.54) is 14.2 Å². The second-order valence-electron chi connectivity index (χ2n) is 4.93. The summed E-state index contributed by atoms with van der Waals surface area (Å²) in [6, 6.07) is 0. The minimum absolute atomic E-state index is 0.233. The second-order valence-corrected chi connectivity index (χ2v) is 6.72. The minimum atomic E-state index is -2.34. The molecular formula is C14H17F5O5Si. The van der Waals surface area contributed by atoms with Gasteiger partial charge in [-0.05, 0) is 19.8 Å². The van der Waals surface area contributed by atoms with E-state index >= 15 is 0 Å². The Morgan fingerprint density at radius 2 is 1.44 bits per heavy atom.